The zero-order chi connectivity index (χ0) is 7.11. The number of hydrogen-bond acceptors (Lipinski definition) is 1. The second-order valence-corrected chi connectivity index (χ2v) is 2.17. The number of ether oxygens (including phenoxy) is 1. The van der Waals surface area contributed by atoms with Gasteiger partial charge >= 0.3 is 0 Å². The molecule has 0 radical (unpaired) electrons. The van der Waals surface area contributed by atoms with Crippen molar-refractivity contribution in [1.82, 2.24) is 0 Å². The lowest BCUT2D eigenvalue weighted by molar-refractivity contribution is 0.0857. The van der Waals surface area contributed by atoms with Crippen LogP contribution < -0.4 is 0 Å². The summed E-state index contributed by atoms with van der Waals surface area (Å²) in [5.74, 6) is 0. The van der Waals surface area contributed by atoms with Crippen LogP contribution in [0.25, 0.3) is 0 Å². The zero-order valence-corrected chi connectivity index (χ0v) is 6.69. The van der Waals surface area contributed by atoms with Crippen molar-refractivity contribution in [3.05, 3.63) is 11.6 Å². The third kappa shape index (κ3) is 5.87. The van der Waals surface area contributed by atoms with Gasteiger partial charge in [0.25, 0.3) is 0 Å². The van der Waals surface area contributed by atoms with E-state index in [1.54, 1.807) is 6.08 Å². The van der Waals surface area contributed by atoms with Gasteiger partial charge in [-0.1, -0.05) is 18.5 Å². The van der Waals surface area contributed by atoms with Crippen molar-refractivity contribution in [2.75, 3.05) is 6.61 Å². The zero-order valence-electron chi connectivity index (χ0n) is 5.93. The van der Waals surface area contributed by atoms with Gasteiger partial charge in [-0.2, -0.15) is 0 Å². The predicted octanol–water partition coefficient (Wildman–Crippen LogP) is 2.55. The summed E-state index contributed by atoms with van der Waals surface area (Å²) in [6.07, 6.45) is 3.18. The van der Waals surface area contributed by atoms with Crippen molar-refractivity contribution < 1.29 is 4.74 Å². The molecule has 1 atom stereocenters. The third-order valence-electron chi connectivity index (χ3n) is 1.14. The Morgan fingerprint density at radius 2 is 2.33 bits per heavy atom. The van der Waals surface area contributed by atoms with Gasteiger partial charge in [0.2, 0.25) is 0 Å². The Hall–Kier alpha value is -0.0100. The van der Waals surface area contributed by atoms with Crippen LogP contribution in [0.2, 0.25) is 0 Å². The summed E-state index contributed by atoms with van der Waals surface area (Å²) in [4.78, 5) is 0. The van der Waals surface area contributed by atoms with E-state index in [0.29, 0.717) is 12.7 Å². The Bertz CT molecular complexity index is 81.0. The van der Waals surface area contributed by atoms with Crippen LogP contribution in [0.3, 0.4) is 0 Å². The van der Waals surface area contributed by atoms with Crippen LogP contribution in [0, 0.1) is 0 Å². The maximum atomic E-state index is 5.27. The smallest absolute Gasteiger partial charge is 0.0662 e. The van der Waals surface area contributed by atoms with E-state index in [-0.39, 0.29) is 0 Å². The van der Waals surface area contributed by atoms with Crippen molar-refractivity contribution in [1.29, 1.82) is 0 Å². The molecule has 9 heavy (non-hydrogen) atoms. The fraction of sp³-hybridized carbons (Fsp3) is 0.714. The van der Waals surface area contributed by atoms with Gasteiger partial charge in [0.1, 0.15) is 0 Å². The third-order valence-corrected chi connectivity index (χ3v) is 1.32. The average Bonchev–Trinajstić information content (AvgIpc) is 1.89. The summed E-state index contributed by atoms with van der Waals surface area (Å²) in [6, 6.07) is 0. The van der Waals surface area contributed by atoms with E-state index < -0.39 is 0 Å². The van der Waals surface area contributed by atoms with Crippen molar-refractivity contribution in [3.8, 4) is 0 Å². The average molecular weight is 149 g/mol. The second kappa shape index (κ2) is 6.12. The molecular weight excluding hydrogens is 136 g/mol. The van der Waals surface area contributed by atoms with Gasteiger partial charge in [-0.05, 0) is 19.4 Å². The number of hydrogen-bond donors (Lipinski definition) is 0. The van der Waals surface area contributed by atoms with Crippen LogP contribution >= 0.6 is 11.6 Å². The molecule has 0 aromatic carbocycles. The molecule has 54 valence electrons. The molecule has 0 aliphatic heterocycles. The van der Waals surface area contributed by atoms with E-state index in [1.165, 1.54) is 5.54 Å². The van der Waals surface area contributed by atoms with Crippen LogP contribution in [-0.2, 0) is 4.74 Å². The Morgan fingerprint density at radius 3 is 2.78 bits per heavy atom. The van der Waals surface area contributed by atoms with Crippen LogP contribution in [0.15, 0.2) is 11.6 Å². The molecule has 0 fully saturated rings. The van der Waals surface area contributed by atoms with Gasteiger partial charge in [-0.15, -0.1) is 0 Å². The van der Waals surface area contributed by atoms with Gasteiger partial charge in [0.15, 0.2) is 0 Å². The Kier molecular flexibility index (Phi) is 6.11. The van der Waals surface area contributed by atoms with Gasteiger partial charge < -0.3 is 4.74 Å². The fourth-order valence-electron chi connectivity index (χ4n) is 0.374. The lowest BCUT2D eigenvalue weighted by Gasteiger charge is -2.06. The lowest BCUT2D eigenvalue weighted by Crippen LogP contribution is -2.05. The highest BCUT2D eigenvalue weighted by molar-refractivity contribution is 6.25. The minimum absolute atomic E-state index is 0.345. The van der Waals surface area contributed by atoms with E-state index in [1.807, 2.05) is 6.92 Å². The predicted molar refractivity (Wildman–Crippen MR) is 40.7 cm³/mol. The molecule has 1 unspecified atom stereocenters. The van der Waals surface area contributed by atoms with E-state index >= 15 is 0 Å². The first-order valence-corrected chi connectivity index (χ1v) is 3.61. The normalized spacial score (nSPS) is 14.6. The molecule has 0 amide bonds. The SMILES string of the molecule is CCC(C)OCC=CCl. The first kappa shape index (κ1) is 8.99. The van der Waals surface area contributed by atoms with Gasteiger partial charge in [-0.25, -0.2) is 0 Å². The molecule has 0 aromatic rings. The standard InChI is InChI=1S/C7H13ClO/c1-3-7(2)9-6-4-5-8/h4-5,7H,3,6H2,1-2H3. The molecule has 1 nitrogen and oxygen atoms in total. The van der Waals surface area contributed by atoms with Crippen molar-refractivity contribution in [2.45, 2.75) is 26.4 Å². The summed E-state index contributed by atoms with van der Waals surface area (Å²) in [5, 5.41) is 0. The van der Waals surface area contributed by atoms with E-state index in [9.17, 15) is 0 Å². The first-order valence-electron chi connectivity index (χ1n) is 3.18. The molecule has 0 aliphatic carbocycles. The lowest BCUT2D eigenvalue weighted by atomic mass is 10.3. The number of halogens is 1. The minimum atomic E-state index is 0.345. The van der Waals surface area contributed by atoms with Gasteiger partial charge in [0.05, 0.1) is 12.7 Å². The summed E-state index contributed by atoms with van der Waals surface area (Å²) >= 11 is 5.27. The van der Waals surface area contributed by atoms with E-state index in [2.05, 4.69) is 6.92 Å². The molecule has 0 saturated heterocycles. The Labute approximate surface area is 61.7 Å². The highest BCUT2D eigenvalue weighted by Crippen LogP contribution is 1.95. The van der Waals surface area contributed by atoms with Crippen LogP contribution in [-0.4, -0.2) is 12.7 Å². The fourth-order valence-corrected chi connectivity index (χ4v) is 0.447. The van der Waals surface area contributed by atoms with Gasteiger partial charge in [-0.3, -0.25) is 0 Å². The Morgan fingerprint density at radius 1 is 1.67 bits per heavy atom. The molecule has 0 N–H and O–H groups in total. The topological polar surface area (TPSA) is 9.23 Å². The van der Waals surface area contributed by atoms with Crippen LogP contribution in [0.4, 0.5) is 0 Å². The highest BCUT2D eigenvalue weighted by Gasteiger charge is 1.93. The molecule has 0 spiro atoms. The largest absolute Gasteiger partial charge is 0.374 e. The van der Waals surface area contributed by atoms with E-state index in [0.717, 1.165) is 6.42 Å². The van der Waals surface area contributed by atoms with Crippen molar-refractivity contribution >= 4 is 11.6 Å². The van der Waals surface area contributed by atoms with Crippen molar-refractivity contribution in [2.24, 2.45) is 0 Å². The molecular formula is C7H13ClO. The summed E-state index contributed by atoms with van der Waals surface area (Å²) < 4.78 is 5.26. The first-order chi connectivity index (χ1) is 4.31. The molecule has 0 aliphatic rings. The molecule has 0 bridgehead atoms. The van der Waals surface area contributed by atoms with Crippen LogP contribution in [0.1, 0.15) is 20.3 Å². The maximum absolute atomic E-state index is 5.27. The molecule has 0 aromatic heterocycles. The van der Waals surface area contributed by atoms with E-state index in [4.69, 9.17) is 16.3 Å². The molecule has 0 saturated carbocycles. The quantitative estimate of drug-likeness (QED) is 0.596. The monoisotopic (exact) mass is 148 g/mol. The highest BCUT2D eigenvalue weighted by atomic mass is 35.5. The molecule has 2 heteroatoms. The Balaban J connectivity index is 3.06. The molecule has 0 heterocycles. The summed E-state index contributed by atoms with van der Waals surface area (Å²) in [6.45, 7) is 4.76. The van der Waals surface area contributed by atoms with Crippen molar-refractivity contribution in [3.63, 3.8) is 0 Å². The minimum Gasteiger partial charge on any atom is -0.374 e. The van der Waals surface area contributed by atoms with Gasteiger partial charge in [0, 0.05) is 5.54 Å². The maximum Gasteiger partial charge on any atom is 0.0662 e. The summed E-state index contributed by atoms with van der Waals surface area (Å²) in [7, 11) is 0. The summed E-state index contributed by atoms with van der Waals surface area (Å²) in [5.41, 5.74) is 1.47. The molecule has 0 rings (SSSR count). The number of rotatable bonds is 4. The van der Waals surface area contributed by atoms with Crippen LogP contribution in [0.5, 0.6) is 0 Å². The second-order valence-electron chi connectivity index (χ2n) is 1.91.